The van der Waals surface area contributed by atoms with Crippen LogP contribution in [0.3, 0.4) is 0 Å². The van der Waals surface area contributed by atoms with E-state index in [0.717, 1.165) is 12.2 Å². The SMILES string of the molecule is C=C/C(F)=C(Cl)\C(F)=C/CO. The van der Waals surface area contributed by atoms with Gasteiger partial charge in [0.25, 0.3) is 0 Å². The molecule has 0 atom stereocenters. The van der Waals surface area contributed by atoms with E-state index >= 15 is 0 Å². The molecule has 0 heterocycles. The molecule has 0 aromatic heterocycles. The molecule has 0 bridgehead atoms. The van der Waals surface area contributed by atoms with Crippen molar-refractivity contribution >= 4 is 11.6 Å². The van der Waals surface area contributed by atoms with Gasteiger partial charge in [0.1, 0.15) is 16.7 Å². The molecular weight excluding hydrogens is 174 g/mol. The molecule has 0 spiro atoms. The smallest absolute Gasteiger partial charge is 0.144 e. The summed E-state index contributed by atoms with van der Waals surface area (Å²) in [6.45, 7) is 2.53. The Morgan fingerprint density at radius 1 is 1.55 bits per heavy atom. The van der Waals surface area contributed by atoms with E-state index in [2.05, 4.69) is 6.58 Å². The minimum absolute atomic E-state index is 0.521. The lowest BCUT2D eigenvalue weighted by atomic mass is 10.4. The van der Waals surface area contributed by atoms with Crippen LogP contribution in [0.4, 0.5) is 8.78 Å². The van der Waals surface area contributed by atoms with Gasteiger partial charge in [0.15, 0.2) is 0 Å². The first kappa shape index (κ1) is 10.3. The molecule has 0 rings (SSSR count). The highest BCUT2D eigenvalue weighted by Gasteiger charge is 2.05. The second-order valence-corrected chi connectivity index (χ2v) is 1.98. The first-order chi connectivity index (χ1) is 5.13. The summed E-state index contributed by atoms with van der Waals surface area (Å²) in [6, 6.07) is 0. The van der Waals surface area contributed by atoms with Gasteiger partial charge in [0, 0.05) is 0 Å². The van der Waals surface area contributed by atoms with Crippen LogP contribution in [0.2, 0.25) is 0 Å². The Balaban J connectivity index is 4.59. The number of allylic oxidation sites excluding steroid dienone is 4. The van der Waals surface area contributed by atoms with Gasteiger partial charge >= 0.3 is 0 Å². The van der Waals surface area contributed by atoms with Crippen molar-refractivity contribution < 1.29 is 13.9 Å². The lowest BCUT2D eigenvalue weighted by Gasteiger charge is -1.93. The summed E-state index contributed by atoms with van der Waals surface area (Å²) in [5, 5.41) is 7.52. The maximum Gasteiger partial charge on any atom is 0.144 e. The second-order valence-electron chi connectivity index (χ2n) is 1.60. The van der Waals surface area contributed by atoms with E-state index < -0.39 is 23.3 Å². The van der Waals surface area contributed by atoms with Crippen LogP contribution in [0.1, 0.15) is 0 Å². The molecule has 0 saturated carbocycles. The molecule has 0 radical (unpaired) electrons. The molecule has 0 fully saturated rings. The lowest BCUT2D eigenvalue weighted by Crippen LogP contribution is -1.81. The molecule has 0 aliphatic heterocycles. The summed E-state index contributed by atoms with van der Waals surface area (Å²) >= 11 is 5.14. The van der Waals surface area contributed by atoms with E-state index in [0.29, 0.717) is 0 Å². The van der Waals surface area contributed by atoms with Crippen LogP contribution < -0.4 is 0 Å². The van der Waals surface area contributed by atoms with Gasteiger partial charge in [-0.1, -0.05) is 18.2 Å². The van der Waals surface area contributed by atoms with Crippen LogP contribution in [0.15, 0.2) is 35.4 Å². The largest absolute Gasteiger partial charge is 0.392 e. The van der Waals surface area contributed by atoms with E-state index in [1.54, 1.807) is 0 Å². The maximum atomic E-state index is 12.5. The molecule has 4 heteroatoms. The first-order valence-electron chi connectivity index (χ1n) is 2.78. The van der Waals surface area contributed by atoms with Crippen LogP contribution >= 0.6 is 11.6 Å². The number of hydrogen-bond acceptors (Lipinski definition) is 1. The Morgan fingerprint density at radius 2 is 2.09 bits per heavy atom. The summed E-state index contributed by atoms with van der Waals surface area (Å²) in [5.41, 5.74) is 0. The molecule has 62 valence electrons. The van der Waals surface area contributed by atoms with Gasteiger partial charge in [-0.3, -0.25) is 0 Å². The summed E-state index contributed by atoms with van der Waals surface area (Å²) in [5.74, 6) is -1.94. The van der Waals surface area contributed by atoms with Crippen molar-refractivity contribution in [3.8, 4) is 0 Å². The predicted molar refractivity (Wildman–Crippen MR) is 40.5 cm³/mol. The summed E-state index contributed by atoms with van der Waals surface area (Å²) in [4.78, 5) is 0. The van der Waals surface area contributed by atoms with Crippen LogP contribution in [0, 0.1) is 0 Å². The monoisotopic (exact) mass is 180 g/mol. The molecule has 0 aromatic rings. The summed E-state index contributed by atoms with van der Waals surface area (Å²) in [7, 11) is 0. The van der Waals surface area contributed by atoms with Gasteiger partial charge in [0.05, 0.1) is 6.61 Å². The zero-order chi connectivity index (χ0) is 8.85. The minimum atomic E-state index is -0.994. The molecule has 0 saturated heterocycles. The number of halogens is 3. The molecular formula is C7H7ClF2O. The Hall–Kier alpha value is -0.670. The van der Waals surface area contributed by atoms with E-state index in [9.17, 15) is 8.78 Å². The number of aliphatic hydroxyl groups is 1. The third-order valence-electron chi connectivity index (χ3n) is 0.869. The highest BCUT2D eigenvalue weighted by atomic mass is 35.5. The van der Waals surface area contributed by atoms with Crippen molar-refractivity contribution in [1.82, 2.24) is 0 Å². The van der Waals surface area contributed by atoms with Crippen LogP contribution in [0.5, 0.6) is 0 Å². The quantitative estimate of drug-likeness (QED) is 0.662. The van der Waals surface area contributed by atoms with E-state index in [4.69, 9.17) is 16.7 Å². The Morgan fingerprint density at radius 3 is 2.45 bits per heavy atom. The molecule has 1 N–H and O–H groups in total. The van der Waals surface area contributed by atoms with Crippen LogP contribution in [-0.2, 0) is 0 Å². The Bertz CT molecular complexity index is 208. The van der Waals surface area contributed by atoms with Gasteiger partial charge in [0.2, 0.25) is 0 Å². The number of rotatable bonds is 3. The van der Waals surface area contributed by atoms with Crippen molar-refractivity contribution in [2.24, 2.45) is 0 Å². The van der Waals surface area contributed by atoms with Gasteiger partial charge in [-0.15, -0.1) is 0 Å². The van der Waals surface area contributed by atoms with E-state index in [1.165, 1.54) is 0 Å². The molecule has 11 heavy (non-hydrogen) atoms. The van der Waals surface area contributed by atoms with Gasteiger partial charge in [-0.2, -0.15) is 0 Å². The number of hydrogen-bond donors (Lipinski definition) is 1. The van der Waals surface area contributed by atoms with Crippen molar-refractivity contribution in [3.05, 3.63) is 35.4 Å². The molecule has 0 amide bonds. The van der Waals surface area contributed by atoms with Gasteiger partial charge in [-0.25, -0.2) is 8.78 Å². The molecule has 0 aliphatic carbocycles. The van der Waals surface area contributed by atoms with Crippen molar-refractivity contribution in [1.29, 1.82) is 0 Å². The van der Waals surface area contributed by atoms with Crippen molar-refractivity contribution in [2.45, 2.75) is 0 Å². The third kappa shape index (κ3) is 3.30. The Labute approximate surface area is 68.3 Å². The van der Waals surface area contributed by atoms with Crippen LogP contribution in [-0.4, -0.2) is 11.7 Å². The summed E-state index contributed by atoms with van der Waals surface area (Å²) in [6.07, 6.45) is 1.54. The topological polar surface area (TPSA) is 20.2 Å². The molecule has 0 aromatic carbocycles. The zero-order valence-corrected chi connectivity index (χ0v) is 6.41. The highest BCUT2D eigenvalue weighted by Crippen LogP contribution is 2.21. The fraction of sp³-hybridized carbons (Fsp3) is 0.143. The normalized spacial score (nSPS) is 14.4. The number of aliphatic hydroxyl groups excluding tert-OH is 1. The molecule has 0 unspecified atom stereocenters. The van der Waals surface area contributed by atoms with Crippen molar-refractivity contribution in [2.75, 3.05) is 6.61 Å². The molecule has 0 aliphatic rings. The Kier molecular flexibility index (Phi) is 4.74. The average molecular weight is 181 g/mol. The standard InChI is InChI=1S/C7H7ClF2O/c1-2-5(9)7(8)6(10)3-4-11/h2-3,11H,1,4H2/b6-3+,7-5-. The van der Waals surface area contributed by atoms with E-state index in [-0.39, 0.29) is 0 Å². The maximum absolute atomic E-state index is 12.5. The van der Waals surface area contributed by atoms with Crippen LogP contribution in [0.25, 0.3) is 0 Å². The average Bonchev–Trinajstić information content (AvgIpc) is 2.02. The second kappa shape index (κ2) is 5.04. The fourth-order valence-electron chi connectivity index (χ4n) is 0.373. The zero-order valence-electron chi connectivity index (χ0n) is 5.65. The van der Waals surface area contributed by atoms with Crippen molar-refractivity contribution in [3.63, 3.8) is 0 Å². The third-order valence-corrected chi connectivity index (χ3v) is 1.23. The van der Waals surface area contributed by atoms with Gasteiger partial charge < -0.3 is 5.11 Å². The van der Waals surface area contributed by atoms with Gasteiger partial charge in [-0.05, 0) is 12.2 Å². The van der Waals surface area contributed by atoms with E-state index in [1.807, 2.05) is 0 Å². The summed E-state index contributed by atoms with van der Waals surface area (Å²) < 4.78 is 24.8. The first-order valence-corrected chi connectivity index (χ1v) is 3.15. The molecule has 1 nitrogen and oxygen atoms in total. The lowest BCUT2D eigenvalue weighted by molar-refractivity contribution is 0.339. The fourth-order valence-corrected chi connectivity index (χ4v) is 0.528. The minimum Gasteiger partial charge on any atom is -0.392 e. The predicted octanol–water partition coefficient (Wildman–Crippen LogP) is 2.44. The highest BCUT2D eigenvalue weighted by molar-refractivity contribution is 6.32.